The van der Waals surface area contributed by atoms with Gasteiger partial charge in [-0.2, -0.15) is 0 Å². The summed E-state index contributed by atoms with van der Waals surface area (Å²) in [4.78, 5) is 13.3. The fraction of sp³-hybridized carbons (Fsp3) is 0.364. The summed E-state index contributed by atoms with van der Waals surface area (Å²) in [5, 5.41) is 0. The van der Waals surface area contributed by atoms with Gasteiger partial charge >= 0.3 is 0 Å². The van der Waals surface area contributed by atoms with Crippen LogP contribution >= 0.6 is 0 Å². The minimum atomic E-state index is -3.27. The number of sulfone groups is 1. The molecule has 2 N–H and O–H groups in total. The number of nitrogens with zero attached hydrogens (tertiary/aromatic N) is 1. The SMILES string of the molecule is Cc1ccc2c(c1)S(=O)(=O)CCN2C(=O)CN. The van der Waals surface area contributed by atoms with E-state index in [4.69, 9.17) is 5.73 Å². The summed E-state index contributed by atoms with van der Waals surface area (Å²) in [6.07, 6.45) is 0. The van der Waals surface area contributed by atoms with Gasteiger partial charge in [-0.25, -0.2) is 8.42 Å². The zero-order valence-corrected chi connectivity index (χ0v) is 10.3. The van der Waals surface area contributed by atoms with Crippen LogP contribution in [0, 0.1) is 6.92 Å². The van der Waals surface area contributed by atoms with Gasteiger partial charge in [-0.15, -0.1) is 0 Å². The largest absolute Gasteiger partial charge is 0.322 e. The van der Waals surface area contributed by atoms with Crippen LogP contribution < -0.4 is 10.6 Å². The number of amides is 1. The first-order chi connectivity index (χ1) is 7.95. The zero-order chi connectivity index (χ0) is 12.6. The maximum atomic E-state index is 11.9. The van der Waals surface area contributed by atoms with Gasteiger partial charge in [-0.3, -0.25) is 4.79 Å². The molecule has 2 rings (SSSR count). The number of nitrogens with two attached hydrogens (primary N) is 1. The molecule has 1 aliphatic heterocycles. The monoisotopic (exact) mass is 254 g/mol. The van der Waals surface area contributed by atoms with Crippen LogP contribution in [0.25, 0.3) is 0 Å². The standard InChI is InChI=1S/C11H14N2O3S/c1-8-2-3-9-10(6-8)17(15,16)5-4-13(9)11(14)7-12/h2-3,6H,4-5,7,12H2,1H3. The van der Waals surface area contributed by atoms with Crippen LogP contribution in [-0.2, 0) is 14.6 Å². The van der Waals surface area contributed by atoms with Crippen LogP contribution in [0.4, 0.5) is 5.69 Å². The summed E-state index contributed by atoms with van der Waals surface area (Å²) >= 11 is 0. The lowest BCUT2D eigenvalue weighted by Gasteiger charge is -2.29. The Bertz CT molecular complexity index is 566. The third-order valence-corrected chi connectivity index (χ3v) is 4.52. The van der Waals surface area contributed by atoms with Crippen LogP contribution in [-0.4, -0.2) is 33.2 Å². The molecule has 1 heterocycles. The van der Waals surface area contributed by atoms with Crippen molar-refractivity contribution in [1.82, 2.24) is 0 Å². The third kappa shape index (κ3) is 2.05. The lowest BCUT2D eigenvalue weighted by molar-refractivity contribution is -0.117. The first-order valence-corrected chi connectivity index (χ1v) is 6.95. The summed E-state index contributed by atoms with van der Waals surface area (Å²) in [7, 11) is -3.27. The summed E-state index contributed by atoms with van der Waals surface area (Å²) in [5.41, 5.74) is 6.61. The summed E-state index contributed by atoms with van der Waals surface area (Å²) in [6, 6.07) is 5.05. The van der Waals surface area contributed by atoms with Crippen molar-refractivity contribution in [2.24, 2.45) is 5.73 Å². The lowest BCUT2D eigenvalue weighted by Crippen LogP contribution is -2.42. The molecule has 1 aromatic carbocycles. The molecule has 0 saturated heterocycles. The van der Waals surface area contributed by atoms with E-state index in [-0.39, 0.29) is 29.6 Å². The maximum Gasteiger partial charge on any atom is 0.240 e. The van der Waals surface area contributed by atoms with Gasteiger partial charge in [0.1, 0.15) is 0 Å². The highest BCUT2D eigenvalue weighted by Gasteiger charge is 2.30. The van der Waals surface area contributed by atoms with E-state index in [0.717, 1.165) is 5.56 Å². The second-order valence-corrected chi connectivity index (χ2v) is 6.12. The van der Waals surface area contributed by atoms with Crippen LogP contribution in [0.5, 0.6) is 0 Å². The lowest BCUT2D eigenvalue weighted by atomic mass is 10.2. The van der Waals surface area contributed by atoms with E-state index in [1.54, 1.807) is 18.2 Å². The van der Waals surface area contributed by atoms with Crippen LogP contribution in [0.1, 0.15) is 5.56 Å². The molecule has 5 nitrogen and oxygen atoms in total. The Labute approximate surface area is 100 Å². The number of rotatable bonds is 1. The topological polar surface area (TPSA) is 80.5 Å². The number of fused-ring (bicyclic) bond motifs is 1. The molecule has 0 unspecified atom stereocenters. The van der Waals surface area contributed by atoms with Gasteiger partial charge in [-0.1, -0.05) is 6.07 Å². The fourth-order valence-electron chi connectivity index (χ4n) is 1.90. The number of benzene rings is 1. The van der Waals surface area contributed by atoms with Crippen molar-refractivity contribution in [3.63, 3.8) is 0 Å². The number of carbonyl (C=O) groups is 1. The molecule has 1 aliphatic rings. The van der Waals surface area contributed by atoms with E-state index in [1.165, 1.54) is 4.90 Å². The Morgan fingerprint density at radius 2 is 2.18 bits per heavy atom. The van der Waals surface area contributed by atoms with Crippen molar-refractivity contribution >= 4 is 21.4 Å². The Morgan fingerprint density at radius 1 is 1.47 bits per heavy atom. The third-order valence-electron chi connectivity index (χ3n) is 2.80. The van der Waals surface area contributed by atoms with Crippen LogP contribution in [0.2, 0.25) is 0 Å². The smallest absolute Gasteiger partial charge is 0.240 e. The zero-order valence-electron chi connectivity index (χ0n) is 9.51. The van der Waals surface area contributed by atoms with E-state index >= 15 is 0 Å². The molecule has 6 heteroatoms. The molecule has 17 heavy (non-hydrogen) atoms. The van der Waals surface area contributed by atoms with Crippen molar-refractivity contribution in [1.29, 1.82) is 0 Å². The molecule has 0 atom stereocenters. The van der Waals surface area contributed by atoms with Gasteiger partial charge in [0.05, 0.1) is 22.9 Å². The number of hydrogen-bond acceptors (Lipinski definition) is 4. The summed E-state index contributed by atoms with van der Waals surface area (Å²) < 4.78 is 23.8. The highest BCUT2D eigenvalue weighted by Crippen LogP contribution is 2.31. The summed E-state index contributed by atoms with van der Waals surface area (Å²) in [6.45, 7) is 1.88. The number of anilines is 1. The Morgan fingerprint density at radius 3 is 2.82 bits per heavy atom. The van der Waals surface area contributed by atoms with Crippen LogP contribution in [0.15, 0.2) is 23.1 Å². The molecule has 92 valence electrons. The second kappa shape index (κ2) is 4.12. The van der Waals surface area contributed by atoms with Crippen molar-refractivity contribution in [2.45, 2.75) is 11.8 Å². The van der Waals surface area contributed by atoms with Crippen molar-refractivity contribution in [2.75, 3.05) is 23.7 Å². The minimum absolute atomic E-state index is 0.0464. The van der Waals surface area contributed by atoms with Gasteiger partial charge in [0.25, 0.3) is 0 Å². The molecular weight excluding hydrogens is 240 g/mol. The molecule has 0 bridgehead atoms. The first kappa shape index (κ1) is 12.1. The van der Waals surface area contributed by atoms with Crippen molar-refractivity contribution in [3.05, 3.63) is 23.8 Å². The highest BCUT2D eigenvalue weighted by molar-refractivity contribution is 7.91. The van der Waals surface area contributed by atoms with Gasteiger partial charge in [-0.05, 0) is 24.6 Å². The van der Waals surface area contributed by atoms with Crippen molar-refractivity contribution in [3.8, 4) is 0 Å². The molecule has 0 aliphatic carbocycles. The number of carbonyl (C=O) groups excluding carboxylic acids is 1. The maximum absolute atomic E-state index is 11.9. The minimum Gasteiger partial charge on any atom is -0.322 e. The van der Waals surface area contributed by atoms with Gasteiger partial charge in [0.15, 0.2) is 9.84 Å². The van der Waals surface area contributed by atoms with E-state index in [1.807, 2.05) is 6.92 Å². The van der Waals surface area contributed by atoms with E-state index in [2.05, 4.69) is 0 Å². The van der Waals surface area contributed by atoms with Gasteiger partial charge in [0, 0.05) is 6.54 Å². The Balaban J connectivity index is 2.60. The summed E-state index contributed by atoms with van der Waals surface area (Å²) in [5.74, 6) is -0.306. The average Bonchev–Trinajstić information content (AvgIpc) is 2.29. The molecule has 1 aromatic rings. The number of aryl methyl sites for hydroxylation is 1. The Hall–Kier alpha value is -1.40. The predicted molar refractivity (Wildman–Crippen MR) is 64.6 cm³/mol. The Kier molecular flexibility index (Phi) is 2.92. The normalized spacial score (nSPS) is 17.6. The van der Waals surface area contributed by atoms with Gasteiger partial charge in [0.2, 0.25) is 5.91 Å². The van der Waals surface area contributed by atoms with E-state index in [0.29, 0.717) is 5.69 Å². The molecule has 0 radical (unpaired) electrons. The predicted octanol–water partition coefficient (Wildman–Crippen LogP) is 0.0740. The molecule has 1 amide bonds. The fourth-order valence-corrected chi connectivity index (χ4v) is 3.41. The quantitative estimate of drug-likeness (QED) is 0.769. The molecule has 0 spiro atoms. The van der Waals surface area contributed by atoms with E-state index in [9.17, 15) is 13.2 Å². The second-order valence-electron chi connectivity index (χ2n) is 4.04. The number of hydrogen-bond donors (Lipinski definition) is 1. The van der Waals surface area contributed by atoms with E-state index < -0.39 is 9.84 Å². The average molecular weight is 254 g/mol. The molecule has 0 saturated carbocycles. The highest BCUT2D eigenvalue weighted by atomic mass is 32.2. The van der Waals surface area contributed by atoms with Gasteiger partial charge < -0.3 is 10.6 Å². The first-order valence-electron chi connectivity index (χ1n) is 5.29. The van der Waals surface area contributed by atoms with Crippen molar-refractivity contribution < 1.29 is 13.2 Å². The molecule has 0 fully saturated rings. The van der Waals surface area contributed by atoms with Crippen LogP contribution in [0.3, 0.4) is 0 Å². The molecule has 0 aromatic heterocycles. The molecular formula is C11H14N2O3S.